The van der Waals surface area contributed by atoms with Crippen LogP contribution in [0.1, 0.15) is 28.9 Å². The van der Waals surface area contributed by atoms with Crippen molar-refractivity contribution >= 4 is 23.2 Å². The molecule has 0 unspecified atom stereocenters. The van der Waals surface area contributed by atoms with Crippen molar-refractivity contribution in [2.75, 3.05) is 13.1 Å². The summed E-state index contributed by atoms with van der Waals surface area (Å²) in [5.41, 5.74) is 1.97. The van der Waals surface area contributed by atoms with Gasteiger partial charge in [0.1, 0.15) is 5.69 Å². The number of nitrogens with zero attached hydrogens (tertiary/aromatic N) is 2. The van der Waals surface area contributed by atoms with Crippen LogP contribution in [0.3, 0.4) is 0 Å². The number of aromatic nitrogens is 1. The molecule has 0 bridgehead atoms. The summed E-state index contributed by atoms with van der Waals surface area (Å²) in [6.07, 6.45) is 0.838. The summed E-state index contributed by atoms with van der Waals surface area (Å²) in [5.74, 6) is -0.937. The fourth-order valence-electron chi connectivity index (χ4n) is 2.95. The van der Waals surface area contributed by atoms with E-state index in [0.717, 1.165) is 5.56 Å². The van der Waals surface area contributed by atoms with Crippen LogP contribution in [-0.2, 0) is 10.2 Å². The number of hydrogen-bond acceptors (Lipinski definition) is 4. The van der Waals surface area contributed by atoms with E-state index in [-0.39, 0.29) is 5.91 Å². The monoisotopic (exact) mass is 316 g/mol. The zero-order valence-corrected chi connectivity index (χ0v) is 12.8. The average Bonchev–Trinajstić information content (AvgIpc) is 3.09. The lowest BCUT2D eigenvalue weighted by Gasteiger charge is -2.39. The van der Waals surface area contributed by atoms with Gasteiger partial charge in [0.15, 0.2) is 0 Å². The maximum atomic E-state index is 12.3. The summed E-state index contributed by atoms with van der Waals surface area (Å²) in [6, 6.07) is 9.29. The lowest BCUT2D eigenvalue weighted by molar-refractivity contribution is -0.145. The van der Waals surface area contributed by atoms with Gasteiger partial charge in [-0.3, -0.25) is 9.59 Å². The first kappa shape index (κ1) is 14.7. The van der Waals surface area contributed by atoms with Gasteiger partial charge in [0.2, 0.25) is 0 Å². The average molecular weight is 316 g/mol. The number of benzene rings is 1. The lowest BCUT2D eigenvalue weighted by atomic mass is 9.73. The lowest BCUT2D eigenvalue weighted by Crippen LogP contribution is -2.49. The van der Waals surface area contributed by atoms with E-state index in [4.69, 9.17) is 0 Å². The molecule has 1 amide bonds. The summed E-state index contributed by atoms with van der Waals surface area (Å²) in [7, 11) is 0. The molecule has 0 atom stereocenters. The maximum absolute atomic E-state index is 12.3. The fraction of sp³-hybridized carbons (Fsp3) is 0.312. The Morgan fingerprint density at radius 1 is 1.18 bits per heavy atom. The highest BCUT2D eigenvalue weighted by Crippen LogP contribution is 2.36. The van der Waals surface area contributed by atoms with Crippen molar-refractivity contribution in [2.24, 2.45) is 0 Å². The SMILES string of the molecule is O=C(c1cscn1)N1CCC(C(=O)O)(c2ccccc2)CC1. The van der Waals surface area contributed by atoms with Crippen molar-refractivity contribution in [1.82, 2.24) is 9.88 Å². The van der Waals surface area contributed by atoms with Crippen molar-refractivity contribution in [3.8, 4) is 0 Å². The molecule has 1 aliphatic rings. The molecule has 0 spiro atoms. The molecule has 5 nitrogen and oxygen atoms in total. The number of piperidine rings is 1. The van der Waals surface area contributed by atoms with Gasteiger partial charge < -0.3 is 10.0 Å². The number of amides is 1. The van der Waals surface area contributed by atoms with Gasteiger partial charge in [0, 0.05) is 18.5 Å². The van der Waals surface area contributed by atoms with Crippen LogP contribution in [0.15, 0.2) is 41.2 Å². The largest absolute Gasteiger partial charge is 0.481 e. The van der Waals surface area contributed by atoms with E-state index in [9.17, 15) is 14.7 Å². The molecule has 1 saturated heterocycles. The number of likely N-dealkylation sites (tertiary alicyclic amines) is 1. The molecule has 1 aromatic heterocycles. The Hall–Kier alpha value is -2.21. The van der Waals surface area contributed by atoms with Gasteiger partial charge in [-0.05, 0) is 18.4 Å². The van der Waals surface area contributed by atoms with Crippen LogP contribution in [-0.4, -0.2) is 40.0 Å². The molecule has 0 radical (unpaired) electrons. The Kier molecular flexibility index (Phi) is 3.94. The molecule has 22 heavy (non-hydrogen) atoms. The Balaban J connectivity index is 1.79. The van der Waals surface area contributed by atoms with Crippen molar-refractivity contribution < 1.29 is 14.7 Å². The third-order valence-electron chi connectivity index (χ3n) is 4.29. The summed E-state index contributed by atoms with van der Waals surface area (Å²) in [6.45, 7) is 0.856. The molecular weight excluding hydrogens is 300 g/mol. The highest BCUT2D eigenvalue weighted by atomic mass is 32.1. The molecule has 3 rings (SSSR count). The molecule has 6 heteroatoms. The number of carbonyl (C=O) groups excluding carboxylic acids is 1. The fourth-order valence-corrected chi connectivity index (χ4v) is 3.48. The second kappa shape index (κ2) is 5.88. The number of aliphatic carboxylic acids is 1. The Morgan fingerprint density at radius 2 is 1.86 bits per heavy atom. The second-order valence-corrected chi connectivity index (χ2v) is 6.14. The number of carbonyl (C=O) groups is 2. The highest BCUT2D eigenvalue weighted by Gasteiger charge is 2.44. The predicted octanol–water partition coefficient (Wildman–Crippen LogP) is 2.40. The van der Waals surface area contributed by atoms with Gasteiger partial charge >= 0.3 is 5.97 Å². The summed E-state index contributed by atoms with van der Waals surface area (Å²) >= 11 is 1.38. The number of carboxylic acids is 1. The summed E-state index contributed by atoms with van der Waals surface area (Å²) in [5, 5.41) is 11.5. The number of thiazole rings is 1. The third-order valence-corrected chi connectivity index (χ3v) is 4.88. The van der Waals surface area contributed by atoms with Gasteiger partial charge in [0.05, 0.1) is 10.9 Å². The number of hydrogen-bond donors (Lipinski definition) is 1. The van der Waals surface area contributed by atoms with Crippen molar-refractivity contribution in [2.45, 2.75) is 18.3 Å². The van der Waals surface area contributed by atoms with Crippen molar-refractivity contribution in [3.63, 3.8) is 0 Å². The summed E-state index contributed by atoms with van der Waals surface area (Å²) in [4.78, 5) is 29.9. The molecular formula is C16H16N2O3S. The number of rotatable bonds is 3. The van der Waals surface area contributed by atoms with Gasteiger partial charge in [0.25, 0.3) is 5.91 Å². The van der Waals surface area contributed by atoms with Crippen LogP contribution in [0.25, 0.3) is 0 Å². The zero-order valence-electron chi connectivity index (χ0n) is 11.9. The minimum absolute atomic E-state index is 0.117. The molecule has 1 fully saturated rings. The van der Waals surface area contributed by atoms with E-state index in [2.05, 4.69) is 4.98 Å². The van der Waals surface area contributed by atoms with Crippen LogP contribution in [0.4, 0.5) is 0 Å². The van der Waals surface area contributed by atoms with E-state index in [1.807, 2.05) is 30.3 Å². The van der Waals surface area contributed by atoms with Gasteiger partial charge in [-0.2, -0.15) is 0 Å². The predicted molar refractivity (Wildman–Crippen MR) is 83.0 cm³/mol. The normalized spacial score (nSPS) is 17.2. The van der Waals surface area contributed by atoms with Crippen LogP contribution in [0.5, 0.6) is 0 Å². The Morgan fingerprint density at radius 3 is 2.41 bits per heavy atom. The Labute approximate surface area is 132 Å². The van der Waals surface area contributed by atoms with Crippen molar-refractivity contribution in [3.05, 3.63) is 52.5 Å². The molecule has 0 aliphatic carbocycles. The maximum Gasteiger partial charge on any atom is 0.314 e. The standard InChI is InChI=1S/C16H16N2O3S/c19-14(13-10-22-11-17-13)18-8-6-16(7-9-18,15(20)21)12-4-2-1-3-5-12/h1-5,10-11H,6-9H2,(H,20,21). The van der Waals surface area contributed by atoms with E-state index in [1.165, 1.54) is 11.3 Å². The van der Waals surface area contributed by atoms with Crippen molar-refractivity contribution in [1.29, 1.82) is 0 Å². The Bertz CT molecular complexity index is 662. The second-order valence-electron chi connectivity index (χ2n) is 5.42. The first-order chi connectivity index (χ1) is 10.6. The van der Waals surface area contributed by atoms with Gasteiger partial charge in [-0.1, -0.05) is 30.3 Å². The molecule has 2 aromatic rings. The van der Waals surface area contributed by atoms with Crippen LogP contribution in [0.2, 0.25) is 0 Å². The molecule has 2 heterocycles. The van der Waals surface area contributed by atoms with E-state index < -0.39 is 11.4 Å². The molecule has 114 valence electrons. The smallest absolute Gasteiger partial charge is 0.314 e. The van der Waals surface area contributed by atoms with Gasteiger partial charge in [-0.25, -0.2) is 4.98 Å². The molecule has 1 aromatic carbocycles. The minimum Gasteiger partial charge on any atom is -0.481 e. The number of carboxylic acid groups (broad SMARTS) is 1. The molecule has 0 saturated carbocycles. The van der Waals surface area contributed by atoms with Crippen LogP contribution in [0, 0.1) is 0 Å². The van der Waals surface area contributed by atoms with E-state index in [1.54, 1.807) is 15.8 Å². The van der Waals surface area contributed by atoms with Gasteiger partial charge in [-0.15, -0.1) is 11.3 Å². The molecule has 1 aliphatic heterocycles. The van der Waals surface area contributed by atoms with Crippen LogP contribution >= 0.6 is 11.3 Å². The third kappa shape index (κ3) is 2.50. The minimum atomic E-state index is -0.903. The first-order valence-corrected chi connectivity index (χ1v) is 8.04. The summed E-state index contributed by atoms with van der Waals surface area (Å²) < 4.78 is 0. The quantitative estimate of drug-likeness (QED) is 0.944. The zero-order chi connectivity index (χ0) is 15.6. The topological polar surface area (TPSA) is 70.5 Å². The first-order valence-electron chi connectivity index (χ1n) is 7.10. The van der Waals surface area contributed by atoms with Crippen LogP contribution < -0.4 is 0 Å². The van der Waals surface area contributed by atoms with E-state index in [0.29, 0.717) is 31.6 Å². The highest BCUT2D eigenvalue weighted by molar-refractivity contribution is 7.07. The molecule has 1 N–H and O–H groups in total. The van der Waals surface area contributed by atoms with E-state index >= 15 is 0 Å².